The van der Waals surface area contributed by atoms with Crippen molar-refractivity contribution in [2.24, 2.45) is 0 Å². The molecular weight excluding hydrogens is 290 g/mol. The molecule has 0 saturated heterocycles. The average Bonchev–Trinajstić information content (AvgIpc) is 1.97. The van der Waals surface area contributed by atoms with Gasteiger partial charge in [-0.15, -0.1) is 0 Å². The van der Waals surface area contributed by atoms with E-state index in [1.165, 1.54) is 0 Å². The molecular formula is C7H4Br2NO2. The van der Waals surface area contributed by atoms with Crippen LogP contribution in [-0.2, 0) is 0 Å². The van der Waals surface area contributed by atoms with Gasteiger partial charge in [0, 0.05) is 0 Å². The third kappa shape index (κ3) is 1.67. The summed E-state index contributed by atoms with van der Waals surface area (Å²) in [5, 5.41) is 10.5. The van der Waals surface area contributed by atoms with Crippen LogP contribution in [0.3, 0.4) is 0 Å². The van der Waals surface area contributed by atoms with E-state index >= 15 is 0 Å². The van der Waals surface area contributed by atoms with Crippen molar-refractivity contribution in [3.8, 4) is 0 Å². The molecule has 0 atom stereocenters. The van der Waals surface area contributed by atoms with E-state index in [9.17, 15) is 10.1 Å². The van der Waals surface area contributed by atoms with Crippen LogP contribution in [0.5, 0.6) is 0 Å². The number of nitrogens with zero attached hydrogens (tertiary/aromatic N) is 1. The molecule has 0 aromatic heterocycles. The SMILES string of the molecule is [CH2]c1ccc(Br)c([N+](=O)[O-])c1Br. The molecule has 0 N–H and O–H groups in total. The van der Waals surface area contributed by atoms with Crippen LogP contribution >= 0.6 is 31.9 Å². The number of benzene rings is 1. The minimum absolute atomic E-state index is 0.0162. The molecule has 0 bridgehead atoms. The Kier molecular flexibility index (Phi) is 2.85. The van der Waals surface area contributed by atoms with Gasteiger partial charge in [-0.2, -0.15) is 0 Å². The number of nitro benzene ring substituents is 1. The maximum atomic E-state index is 10.5. The largest absolute Gasteiger partial charge is 0.297 e. The second kappa shape index (κ2) is 3.53. The summed E-state index contributed by atoms with van der Waals surface area (Å²) in [7, 11) is 0. The second-order valence-corrected chi connectivity index (χ2v) is 3.77. The second-order valence-electron chi connectivity index (χ2n) is 2.13. The highest BCUT2D eigenvalue weighted by Gasteiger charge is 2.17. The van der Waals surface area contributed by atoms with Crippen LogP contribution in [0, 0.1) is 17.0 Å². The van der Waals surface area contributed by atoms with Gasteiger partial charge < -0.3 is 0 Å². The Morgan fingerprint density at radius 2 is 2.00 bits per heavy atom. The Hall–Kier alpha value is -0.420. The Morgan fingerprint density at radius 3 is 2.42 bits per heavy atom. The van der Waals surface area contributed by atoms with Crippen LogP contribution in [-0.4, -0.2) is 4.92 Å². The minimum Gasteiger partial charge on any atom is -0.258 e. The van der Waals surface area contributed by atoms with E-state index < -0.39 is 4.92 Å². The summed E-state index contributed by atoms with van der Waals surface area (Å²) in [6.45, 7) is 3.63. The van der Waals surface area contributed by atoms with Crippen molar-refractivity contribution in [1.29, 1.82) is 0 Å². The fourth-order valence-corrected chi connectivity index (χ4v) is 1.98. The zero-order valence-corrected chi connectivity index (χ0v) is 9.05. The molecule has 0 heterocycles. The van der Waals surface area contributed by atoms with Crippen molar-refractivity contribution in [2.75, 3.05) is 0 Å². The number of nitro groups is 1. The number of halogens is 2. The van der Waals surface area contributed by atoms with Crippen molar-refractivity contribution < 1.29 is 4.92 Å². The number of hydrogen-bond acceptors (Lipinski definition) is 2. The van der Waals surface area contributed by atoms with Gasteiger partial charge in [-0.1, -0.05) is 6.07 Å². The first-order chi connectivity index (χ1) is 5.54. The summed E-state index contributed by atoms with van der Waals surface area (Å²) in [6.07, 6.45) is 0. The molecule has 0 fully saturated rings. The summed E-state index contributed by atoms with van der Waals surface area (Å²) in [5.74, 6) is 0. The van der Waals surface area contributed by atoms with Crippen LogP contribution in [0.4, 0.5) is 5.69 Å². The lowest BCUT2D eigenvalue weighted by Gasteiger charge is -2.00. The monoisotopic (exact) mass is 292 g/mol. The predicted octanol–water partition coefficient (Wildman–Crippen LogP) is 3.30. The Labute approximate surface area is 86.2 Å². The molecule has 3 nitrogen and oxygen atoms in total. The molecule has 0 amide bonds. The molecule has 0 aliphatic carbocycles. The molecule has 5 heteroatoms. The highest BCUT2D eigenvalue weighted by molar-refractivity contribution is 9.11. The maximum absolute atomic E-state index is 10.5. The van der Waals surface area contributed by atoms with E-state index in [1.807, 2.05) is 0 Å². The molecule has 1 rings (SSSR count). The first kappa shape index (κ1) is 9.67. The van der Waals surface area contributed by atoms with E-state index in [1.54, 1.807) is 12.1 Å². The first-order valence-corrected chi connectivity index (χ1v) is 4.57. The van der Waals surface area contributed by atoms with Gasteiger partial charge in [0.15, 0.2) is 0 Å². The molecule has 63 valence electrons. The van der Waals surface area contributed by atoms with Crippen LogP contribution in [0.2, 0.25) is 0 Å². The predicted molar refractivity (Wildman–Crippen MR) is 53.0 cm³/mol. The van der Waals surface area contributed by atoms with Crippen LogP contribution in [0.15, 0.2) is 21.1 Å². The van der Waals surface area contributed by atoms with E-state index in [0.29, 0.717) is 14.5 Å². The lowest BCUT2D eigenvalue weighted by molar-refractivity contribution is -0.386. The Morgan fingerprint density at radius 1 is 1.42 bits per heavy atom. The smallest absolute Gasteiger partial charge is 0.258 e. The summed E-state index contributed by atoms with van der Waals surface area (Å²) < 4.78 is 0.869. The molecule has 1 radical (unpaired) electrons. The summed E-state index contributed by atoms with van der Waals surface area (Å²) in [6, 6.07) is 3.30. The van der Waals surface area contributed by atoms with Crippen molar-refractivity contribution >= 4 is 37.5 Å². The molecule has 0 saturated carbocycles. The van der Waals surface area contributed by atoms with Gasteiger partial charge in [0.05, 0.1) is 13.9 Å². The molecule has 0 aliphatic heterocycles. The molecule has 1 aromatic carbocycles. The molecule has 0 aliphatic rings. The van der Waals surface area contributed by atoms with Crippen molar-refractivity contribution in [2.45, 2.75) is 0 Å². The van der Waals surface area contributed by atoms with Gasteiger partial charge in [-0.05, 0) is 50.4 Å². The van der Waals surface area contributed by atoms with Gasteiger partial charge in [-0.25, -0.2) is 0 Å². The summed E-state index contributed by atoms with van der Waals surface area (Å²) in [5.41, 5.74) is 0.618. The first-order valence-electron chi connectivity index (χ1n) is 2.98. The Balaban J connectivity index is 3.43. The molecule has 0 spiro atoms. The fourth-order valence-electron chi connectivity index (χ4n) is 0.750. The van der Waals surface area contributed by atoms with Crippen molar-refractivity contribution in [3.05, 3.63) is 43.7 Å². The molecule has 0 unspecified atom stereocenters. The van der Waals surface area contributed by atoms with Crippen LogP contribution in [0.25, 0.3) is 0 Å². The van der Waals surface area contributed by atoms with Crippen LogP contribution in [0.1, 0.15) is 5.56 Å². The number of hydrogen-bond donors (Lipinski definition) is 0. The summed E-state index contributed by atoms with van der Waals surface area (Å²) in [4.78, 5) is 10.1. The highest BCUT2D eigenvalue weighted by Crippen LogP contribution is 2.34. The van der Waals surface area contributed by atoms with E-state index in [-0.39, 0.29) is 5.69 Å². The highest BCUT2D eigenvalue weighted by atomic mass is 79.9. The van der Waals surface area contributed by atoms with Gasteiger partial charge in [0.1, 0.15) is 0 Å². The third-order valence-electron chi connectivity index (χ3n) is 1.33. The summed E-state index contributed by atoms with van der Waals surface area (Å²) >= 11 is 6.18. The standard InChI is InChI=1S/C7H4Br2NO2/c1-4-2-3-5(8)7(6(4)9)10(11)12/h2-3H,1H2. The van der Waals surface area contributed by atoms with Gasteiger partial charge >= 0.3 is 0 Å². The maximum Gasteiger partial charge on any atom is 0.297 e. The molecule has 1 aromatic rings. The molecule has 12 heavy (non-hydrogen) atoms. The fraction of sp³-hybridized carbons (Fsp3) is 0. The lowest BCUT2D eigenvalue weighted by atomic mass is 10.2. The lowest BCUT2D eigenvalue weighted by Crippen LogP contribution is -1.92. The van der Waals surface area contributed by atoms with Crippen molar-refractivity contribution in [1.82, 2.24) is 0 Å². The van der Waals surface area contributed by atoms with Crippen molar-refractivity contribution in [3.63, 3.8) is 0 Å². The van der Waals surface area contributed by atoms with E-state index in [2.05, 4.69) is 38.8 Å². The van der Waals surface area contributed by atoms with Gasteiger partial charge in [0.25, 0.3) is 5.69 Å². The topological polar surface area (TPSA) is 43.1 Å². The quantitative estimate of drug-likeness (QED) is 0.589. The zero-order valence-electron chi connectivity index (χ0n) is 5.88. The van der Waals surface area contributed by atoms with E-state index in [0.717, 1.165) is 0 Å². The van der Waals surface area contributed by atoms with Gasteiger partial charge in [0.2, 0.25) is 0 Å². The van der Waals surface area contributed by atoms with Crippen LogP contribution < -0.4 is 0 Å². The minimum atomic E-state index is -0.456. The zero-order chi connectivity index (χ0) is 9.30. The average molecular weight is 294 g/mol. The normalized spacial score (nSPS) is 9.92. The Bertz CT molecular complexity index is 338. The third-order valence-corrected chi connectivity index (χ3v) is 2.85. The number of rotatable bonds is 1. The van der Waals surface area contributed by atoms with E-state index in [4.69, 9.17) is 0 Å². The van der Waals surface area contributed by atoms with Gasteiger partial charge in [-0.3, -0.25) is 10.1 Å².